The number of hydrogen-bond acceptors (Lipinski definition) is 6. The molecule has 1 N–H and O–H groups in total. The van der Waals surface area contributed by atoms with Gasteiger partial charge >= 0.3 is 10.1 Å². The van der Waals surface area contributed by atoms with Gasteiger partial charge in [-0.05, 0) is 61.6 Å². The van der Waals surface area contributed by atoms with Crippen LogP contribution < -0.4 is 8.92 Å². The van der Waals surface area contributed by atoms with Crippen molar-refractivity contribution in [3.8, 4) is 11.5 Å². The Bertz CT molecular complexity index is 1110. The van der Waals surface area contributed by atoms with Crippen LogP contribution in [0.15, 0.2) is 59.6 Å². The summed E-state index contributed by atoms with van der Waals surface area (Å²) in [5.41, 5.74) is 1.37. The summed E-state index contributed by atoms with van der Waals surface area (Å²) in [7, 11) is -4.09. The van der Waals surface area contributed by atoms with Crippen molar-refractivity contribution in [1.29, 1.82) is 0 Å². The van der Waals surface area contributed by atoms with Crippen molar-refractivity contribution in [2.24, 2.45) is 5.92 Å². The minimum absolute atomic E-state index is 0.144. The van der Waals surface area contributed by atoms with Gasteiger partial charge in [0.15, 0.2) is 5.03 Å². The number of aromatic nitrogens is 1. The molecule has 0 radical (unpaired) electrons. The van der Waals surface area contributed by atoms with Crippen LogP contribution >= 0.6 is 0 Å². The van der Waals surface area contributed by atoms with Gasteiger partial charge < -0.3 is 14.0 Å². The molecule has 0 saturated heterocycles. The van der Waals surface area contributed by atoms with Crippen LogP contribution in [0.5, 0.6) is 11.5 Å². The molecule has 4 rings (SSSR count). The van der Waals surface area contributed by atoms with Crippen LogP contribution in [0.3, 0.4) is 0 Å². The van der Waals surface area contributed by atoms with Gasteiger partial charge in [-0.2, -0.15) is 8.42 Å². The van der Waals surface area contributed by atoms with Gasteiger partial charge in [-0.15, -0.1) is 0 Å². The SMILES string of the molecule is Cc1cc(OCC(O)C2CC2)cc(OS(=O)(=O)c2ccc3ccccc3n2)c1. The Balaban J connectivity index is 1.54. The number of rotatable bonds is 7. The lowest BCUT2D eigenvalue weighted by molar-refractivity contribution is 0.0893. The number of fused-ring (bicyclic) bond motifs is 1. The zero-order valence-electron chi connectivity index (χ0n) is 15.4. The Labute approximate surface area is 163 Å². The predicted octanol–water partition coefficient (Wildman–Crippen LogP) is 3.46. The summed E-state index contributed by atoms with van der Waals surface area (Å²) in [6.45, 7) is 1.99. The molecule has 1 aliphatic rings. The highest BCUT2D eigenvalue weighted by molar-refractivity contribution is 7.87. The monoisotopic (exact) mass is 399 g/mol. The lowest BCUT2D eigenvalue weighted by Crippen LogP contribution is -2.19. The Kier molecular flexibility index (Phi) is 4.95. The molecule has 1 aromatic heterocycles. The second kappa shape index (κ2) is 7.41. The van der Waals surface area contributed by atoms with E-state index >= 15 is 0 Å². The smallest absolute Gasteiger partial charge is 0.356 e. The first-order valence-corrected chi connectivity index (χ1v) is 10.5. The average molecular weight is 399 g/mol. The second-order valence-corrected chi connectivity index (χ2v) is 8.57. The number of hydrogen-bond donors (Lipinski definition) is 1. The number of aryl methyl sites for hydroxylation is 1. The van der Waals surface area contributed by atoms with Crippen molar-refractivity contribution in [2.45, 2.75) is 30.9 Å². The summed E-state index contributed by atoms with van der Waals surface area (Å²) in [5, 5.41) is 10.6. The number of ether oxygens (including phenoxy) is 1. The molecule has 1 atom stereocenters. The van der Waals surface area contributed by atoms with Crippen LogP contribution in [0.1, 0.15) is 18.4 Å². The van der Waals surface area contributed by atoms with Gasteiger partial charge in [0.05, 0.1) is 11.6 Å². The molecule has 146 valence electrons. The maximum absolute atomic E-state index is 12.7. The van der Waals surface area contributed by atoms with Crippen LogP contribution in [0.4, 0.5) is 0 Å². The lowest BCUT2D eigenvalue weighted by Gasteiger charge is -2.13. The first-order chi connectivity index (χ1) is 13.4. The fraction of sp³-hybridized carbons (Fsp3) is 0.286. The standard InChI is InChI=1S/C21H21NO5S/c1-14-10-17(26-13-20(23)16-6-7-16)12-18(11-14)27-28(24,25)21-9-8-15-4-2-3-5-19(15)22-21/h2-5,8-12,16,20,23H,6-7,13H2,1H3. The van der Waals surface area contributed by atoms with Crippen molar-refractivity contribution in [3.05, 3.63) is 60.2 Å². The Morgan fingerprint density at radius 2 is 1.86 bits per heavy atom. The van der Waals surface area contributed by atoms with Gasteiger partial charge in [-0.3, -0.25) is 0 Å². The van der Waals surface area contributed by atoms with Crippen LogP contribution in [0.25, 0.3) is 10.9 Å². The van der Waals surface area contributed by atoms with E-state index in [-0.39, 0.29) is 17.4 Å². The molecule has 1 heterocycles. The Morgan fingerprint density at radius 3 is 2.64 bits per heavy atom. The van der Waals surface area contributed by atoms with Gasteiger partial charge in [0.1, 0.15) is 18.1 Å². The molecular weight excluding hydrogens is 378 g/mol. The van der Waals surface area contributed by atoms with Gasteiger partial charge in [0, 0.05) is 11.5 Å². The van der Waals surface area contributed by atoms with Crippen molar-refractivity contribution in [1.82, 2.24) is 4.98 Å². The first-order valence-electron chi connectivity index (χ1n) is 9.13. The molecule has 28 heavy (non-hydrogen) atoms. The van der Waals surface area contributed by atoms with E-state index in [1.165, 1.54) is 12.1 Å². The molecule has 6 nitrogen and oxygen atoms in total. The highest BCUT2D eigenvalue weighted by Gasteiger charge is 2.30. The largest absolute Gasteiger partial charge is 0.491 e. The summed E-state index contributed by atoms with van der Waals surface area (Å²) >= 11 is 0. The van der Waals surface area contributed by atoms with Gasteiger partial charge in [-0.25, -0.2) is 4.98 Å². The number of para-hydroxylation sites is 1. The fourth-order valence-corrected chi connectivity index (χ4v) is 3.88. The van der Waals surface area contributed by atoms with Crippen molar-refractivity contribution in [2.75, 3.05) is 6.61 Å². The third-order valence-electron chi connectivity index (χ3n) is 4.65. The number of aliphatic hydroxyl groups is 1. The molecule has 7 heteroatoms. The number of nitrogens with zero attached hydrogens (tertiary/aromatic N) is 1. The first kappa shape index (κ1) is 18.7. The molecule has 0 amide bonds. The minimum atomic E-state index is -4.09. The Hall–Kier alpha value is -2.64. The van der Waals surface area contributed by atoms with E-state index < -0.39 is 16.2 Å². The number of aliphatic hydroxyl groups excluding tert-OH is 1. The normalized spacial score (nSPS) is 15.4. The van der Waals surface area contributed by atoms with E-state index in [4.69, 9.17) is 8.92 Å². The molecule has 2 aromatic carbocycles. The summed E-state index contributed by atoms with van der Waals surface area (Å²) in [5.74, 6) is 0.905. The fourth-order valence-electron chi connectivity index (χ4n) is 3.00. The molecule has 1 fully saturated rings. The van der Waals surface area contributed by atoms with Crippen LogP contribution in [-0.4, -0.2) is 31.2 Å². The zero-order valence-corrected chi connectivity index (χ0v) is 16.2. The third-order valence-corrected chi connectivity index (χ3v) is 5.80. The van der Waals surface area contributed by atoms with E-state index in [2.05, 4.69) is 4.98 Å². The van der Waals surface area contributed by atoms with E-state index in [1.807, 2.05) is 19.1 Å². The molecule has 3 aromatic rings. The average Bonchev–Trinajstić information content (AvgIpc) is 3.50. The van der Waals surface area contributed by atoms with Crippen molar-refractivity contribution < 1.29 is 22.4 Å². The van der Waals surface area contributed by atoms with Gasteiger partial charge in [0.25, 0.3) is 0 Å². The summed E-state index contributed by atoms with van der Waals surface area (Å²) in [4.78, 5) is 4.20. The van der Waals surface area contributed by atoms with Crippen molar-refractivity contribution >= 4 is 21.0 Å². The molecule has 0 spiro atoms. The maximum atomic E-state index is 12.7. The van der Waals surface area contributed by atoms with E-state index in [1.54, 1.807) is 30.3 Å². The Morgan fingerprint density at radius 1 is 1.11 bits per heavy atom. The van der Waals surface area contributed by atoms with Crippen LogP contribution in [0, 0.1) is 12.8 Å². The van der Waals surface area contributed by atoms with Gasteiger partial charge in [0.2, 0.25) is 0 Å². The van der Waals surface area contributed by atoms with Crippen LogP contribution in [-0.2, 0) is 10.1 Å². The number of benzene rings is 2. The second-order valence-electron chi connectivity index (χ2n) is 7.08. The molecule has 1 saturated carbocycles. The molecule has 1 aliphatic carbocycles. The summed E-state index contributed by atoms with van der Waals surface area (Å²) in [6, 6.07) is 15.3. The van der Waals surface area contributed by atoms with Crippen LogP contribution in [0.2, 0.25) is 0 Å². The number of pyridine rings is 1. The molecule has 0 bridgehead atoms. The third kappa shape index (κ3) is 4.26. The predicted molar refractivity (Wildman–Crippen MR) is 105 cm³/mol. The zero-order chi connectivity index (χ0) is 19.7. The molecule has 1 unspecified atom stereocenters. The minimum Gasteiger partial charge on any atom is -0.491 e. The highest BCUT2D eigenvalue weighted by atomic mass is 32.2. The molecule has 0 aliphatic heterocycles. The lowest BCUT2D eigenvalue weighted by atomic mass is 10.2. The van der Waals surface area contributed by atoms with E-state index in [9.17, 15) is 13.5 Å². The maximum Gasteiger partial charge on any atom is 0.356 e. The molecular formula is C21H21NO5S. The van der Waals surface area contributed by atoms with Crippen molar-refractivity contribution in [3.63, 3.8) is 0 Å². The summed E-state index contributed by atoms with van der Waals surface area (Å²) < 4.78 is 36.3. The quantitative estimate of drug-likeness (QED) is 0.613. The highest BCUT2D eigenvalue weighted by Crippen LogP contribution is 2.33. The van der Waals surface area contributed by atoms with E-state index in [0.29, 0.717) is 17.2 Å². The topological polar surface area (TPSA) is 85.7 Å². The van der Waals surface area contributed by atoms with Gasteiger partial charge in [-0.1, -0.05) is 18.2 Å². The summed E-state index contributed by atoms with van der Waals surface area (Å²) in [6.07, 6.45) is 1.53. The van der Waals surface area contributed by atoms with E-state index in [0.717, 1.165) is 23.8 Å².